The van der Waals surface area contributed by atoms with Gasteiger partial charge in [0.2, 0.25) is 0 Å². The maximum absolute atomic E-state index is 4.78. The minimum absolute atomic E-state index is 0.0818. The Morgan fingerprint density at radius 1 is 0.833 bits per heavy atom. The second-order valence-electron chi connectivity index (χ2n) is 6.45. The van der Waals surface area contributed by atoms with Crippen LogP contribution in [-0.2, 0) is 12.5 Å². The molecule has 0 fully saturated rings. The molecular weight excluding hydrogens is 220 g/mol. The molecule has 0 aliphatic heterocycles. The molecule has 0 amide bonds. The van der Waals surface area contributed by atoms with Crippen LogP contribution >= 0.6 is 0 Å². The second-order valence-corrected chi connectivity index (χ2v) is 6.45. The Bertz CT molecular complexity index is 625. The van der Waals surface area contributed by atoms with Crippen LogP contribution < -0.4 is 0 Å². The molecule has 2 rings (SSSR count). The third-order valence-electron chi connectivity index (χ3n) is 4.18. The molecule has 2 heteroatoms. The molecule has 2 aromatic rings. The first-order valence-electron chi connectivity index (χ1n) is 6.59. The second kappa shape index (κ2) is 3.84. The molecule has 1 aromatic carbocycles. The SMILES string of the molecule is Cc1c(C)c(C)c2c(c(C(C)(C)C)nn2C)c1C. The van der Waals surface area contributed by atoms with Crippen LogP contribution in [0.25, 0.3) is 10.9 Å². The van der Waals surface area contributed by atoms with E-state index in [-0.39, 0.29) is 5.41 Å². The van der Waals surface area contributed by atoms with Crippen molar-refractivity contribution in [2.24, 2.45) is 7.05 Å². The largest absolute Gasteiger partial charge is 0.267 e. The molecule has 1 heterocycles. The standard InChI is InChI=1S/C16H24N2/c1-9-10(2)12(4)14-13(11(9)3)15(16(5,6)7)17-18(14)8/h1-8H3. The van der Waals surface area contributed by atoms with Crippen LogP contribution in [0.15, 0.2) is 0 Å². The van der Waals surface area contributed by atoms with E-state index in [1.54, 1.807) is 0 Å². The number of aryl methyl sites for hydroxylation is 3. The Balaban J connectivity index is 3.05. The first-order chi connectivity index (χ1) is 8.16. The van der Waals surface area contributed by atoms with Gasteiger partial charge in [-0.25, -0.2) is 0 Å². The fraction of sp³-hybridized carbons (Fsp3) is 0.562. The van der Waals surface area contributed by atoms with Gasteiger partial charge in [0.05, 0.1) is 11.2 Å². The van der Waals surface area contributed by atoms with E-state index >= 15 is 0 Å². The minimum Gasteiger partial charge on any atom is -0.267 e. The van der Waals surface area contributed by atoms with E-state index in [0.29, 0.717) is 0 Å². The van der Waals surface area contributed by atoms with Crippen molar-refractivity contribution in [1.82, 2.24) is 9.78 Å². The summed E-state index contributed by atoms with van der Waals surface area (Å²) in [5, 5.41) is 6.13. The Morgan fingerprint density at radius 2 is 1.33 bits per heavy atom. The van der Waals surface area contributed by atoms with Gasteiger partial charge in [-0.15, -0.1) is 0 Å². The highest BCUT2D eigenvalue weighted by molar-refractivity contribution is 5.91. The molecule has 0 N–H and O–H groups in total. The minimum atomic E-state index is 0.0818. The van der Waals surface area contributed by atoms with Crippen molar-refractivity contribution >= 4 is 10.9 Å². The van der Waals surface area contributed by atoms with Gasteiger partial charge in [0.15, 0.2) is 0 Å². The van der Waals surface area contributed by atoms with Crippen LogP contribution in [0.3, 0.4) is 0 Å². The molecule has 0 aliphatic carbocycles. The summed E-state index contributed by atoms with van der Waals surface area (Å²) in [6, 6.07) is 0. The normalized spacial score (nSPS) is 12.4. The number of aromatic nitrogens is 2. The predicted octanol–water partition coefficient (Wildman–Crippen LogP) is 4.10. The van der Waals surface area contributed by atoms with Crippen molar-refractivity contribution in [2.45, 2.75) is 53.9 Å². The summed E-state index contributed by atoms with van der Waals surface area (Å²) >= 11 is 0. The lowest BCUT2D eigenvalue weighted by Gasteiger charge is -2.18. The van der Waals surface area contributed by atoms with Gasteiger partial charge in [-0.2, -0.15) is 5.10 Å². The average molecular weight is 244 g/mol. The lowest BCUT2D eigenvalue weighted by molar-refractivity contribution is 0.558. The van der Waals surface area contributed by atoms with Crippen LogP contribution in [0.5, 0.6) is 0 Å². The van der Waals surface area contributed by atoms with E-state index in [9.17, 15) is 0 Å². The summed E-state index contributed by atoms with van der Waals surface area (Å²) in [6.07, 6.45) is 0. The van der Waals surface area contributed by atoms with Gasteiger partial charge in [0, 0.05) is 17.8 Å². The highest BCUT2D eigenvalue weighted by Gasteiger charge is 2.25. The van der Waals surface area contributed by atoms with E-state index in [4.69, 9.17) is 5.10 Å². The number of hydrogen-bond donors (Lipinski definition) is 0. The molecule has 0 saturated heterocycles. The van der Waals surface area contributed by atoms with Crippen molar-refractivity contribution in [3.8, 4) is 0 Å². The summed E-state index contributed by atoms with van der Waals surface area (Å²) in [4.78, 5) is 0. The van der Waals surface area contributed by atoms with Gasteiger partial charge < -0.3 is 0 Å². The molecular formula is C16H24N2. The molecule has 0 atom stereocenters. The van der Waals surface area contributed by atoms with Gasteiger partial charge >= 0.3 is 0 Å². The van der Waals surface area contributed by atoms with Crippen molar-refractivity contribution in [3.63, 3.8) is 0 Å². The van der Waals surface area contributed by atoms with Gasteiger partial charge in [-0.3, -0.25) is 4.68 Å². The highest BCUT2D eigenvalue weighted by Crippen LogP contribution is 2.35. The van der Waals surface area contributed by atoms with Gasteiger partial charge in [-0.1, -0.05) is 20.8 Å². The monoisotopic (exact) mass is 244 g/mol. The number of hydrogen-bond acceptors (Lipinski definition) is 1. The third kappa shape index (κ3) is 1.66. The Hall–Kier alpha value is -1.31. The Kier molecular flexibility index (Phi) is 2.80. The van der Waals surface area contributed by atoms with Crippen molar-refractivity contribution in [2.75, 3.05) is 0 Å². The van der Waals surface area contributed by atoms with E-state index in [2.05, 4.69) is 55.5 Å². The first kappa shape index (κ1) is 13.1. The molecule has 18 heavy (non-hydrogen) atoms. The molecule has 1 aromatic heterocycles. The Morgan fingerprint density at radius 3 is 1.83 bits per heavy atom. The molecule has 0 unspecified atom stereocenters. The zero-order valence-corrected chi connectivity index (χ0v) is 12.9. The van der Waals surface area contributed by atoms with E-state index < -0.39 is 0 Å². The summed E-state index contributed by atoms with van der Waals surface area (Å²) in [5.74, 6) is 0. The molecule has 0 spiro atoms. The number of rotatable bonds is 0. The molecule has 0 radical (unpaired) electrons. The van der Waals surface area contributed by atoms with E-state index in [0.717, 1.165) is 0 Å². The van der Waals surface area contributed by atoms with Crippen molar-refractivity contribution in [3.05, 3.63) is 27.9 Å². The van der Waals surface area contributed by atoms with Gasteiger partial charge in [0.1, 0.15) is 0 Å². The molecule has 0 aliphatic rings. The summed E-state index contributed by atoms with van der Waals surface area (Å²) < 4.78 is 2.05. The van der Waals surface area contributed by atoms with Crippen LogP contribution in [0.1, 0.15) is 48.7 Å². The molecule has 0 bridgehead atoms. The number of fused-ring (bicyclic) bond motifs is 1. The lowest BCUT2D eigenvalue weighted by atomic mass is 9.86. The predicted molar refractivity (Wildman–Crippen MR) is 78.4 cm³/mol. The molecule has 2 nitrogen and oxygen atoms in total. The highest BCUT2D eigenvalue weighted by atomic mass is 15.3. The fourth-order valence-corrected chi connectivity index (χ4v) is 2.76. The zero-order chi connectivity index (χ0) is 13.8. The molecule has 98 valence electrons. The quantitative estimate of drug-likeness (QED) is 0.682. The smallest absolute Gasteiger partial charge is 0.0759 e. The van der Waals surface area contributed by atoms with Gasteiger partial charge in [0.25, 0.3) is 0 Å². The van der Waals surface area contributed by atoms with Crippen molar-refractivity contribution in [1.29, 1.82) is 0 Å². The first-order valence-corrected chi connectivity index (χ1v) is 6.59. The summed E-state index contributed by atoms with van der Waals surface area (Å²) in [6.45, 7) is 15.6. The Labute approximate surface area is 110 Å². The topological polar surface area (TPSA) is 17.8 Å². The summed E-state index contributed by atoms with van der Waals surface area (Å²) in [7, 11) is 2.05. The van der Waals surface area contributed by atoms with Crippen LogP contribution in [0.2, 0.25) is 0 Å². The van der Waals surface area contributed by atoms with E-state index in [1.165, 1.54) is 38.9 Å². The average Bonchev–Trinajstić information content (AvgIpc) is 2.61. The van der Waals surface area contributed by atoms with E-state index in [1.807, 2.05) is 4.68 Å². The van der Waals surface area contributed by atoms with Crippen molar-refractivity contribution < 1.29 is 0 Å². The number of nitrogens with zero attached hydrogens (tertiary/aromatic N) is 2. The number of benzene rings is 1. The maximum atomic E-state index is 4.78. The molecule has 0 saturated carbocycles. The van der Waals surface area contributed by atoms with Gasteiger partial charge in [-0.05, 0) is 49.9 Å². The van der Waals surface area contributed by atoms with Crippen LogP contribution in [0.4, 0.5) is 0 Å². The maximum Gasteiger partial charge on any atom is 0.0759 e. The zero-order valence-electron chi connectivity index (χ0n) is 12.9. The third-order valence-corrected chi connectivity index (χ3v) is 4.18. The lowest BCUT2D eigenvalue weighted by Crippen LogP contribution is -2.13. The fourth-order valence-electron chi connectivity index (χ4n) is 2.76. The van der Waals surface area contributed by atoms with Crippen LogP contribution in [0, 0.1) is 27.7 Å². The van der Waals surface area contributed by atoms with Crippen LogP contribution in [-0.4, -0.2) is 9.78 Å². The summed E-state index contributed by atoms with van der Waals surface area (Å²) in [5.41, 5.74) is 8.12.